The van der Waals surface area contributed by atoms with Gasteiger partial charge >= 0.3 is 0 Å². The van der Waals surface area contributed by atoms with E-state index in [0.29, 0.717) is 0 Å². The van der Waals surface area contributed by atoms with Gasteiger partial charge in [-0.2, -0.15) is 0 Å². The minimum absolute atomic E-state index is 0.144. The van der Waals surface area contributed by atoms with Gasteiger partial charge in [-0.05, 0) is 25.3 Å². The van der Waals surface area contributed by atoms with Gasteiger partial charge in [-0.1, -0.05) is 19.8 Å². The van der Waals surface area contributed by atoms with Crippen LogP contribution in [0.3, 0.4) is 0 Å². The third kappa shape index (κ3) is 2.86. The molecule has 0 spiro atoms. The zero-order chi connectivity index (χ0) is 8.81. The number of nitrogens with two attached hydrogens (primary N) is 1. The smallest absolute Gasteiger partial charge is 0.109 e. The third-order valence-electron chi connectivity index (χ3n) is 2.20. The van der Waals surface area contributed by atoms with E-state index in [-0.39, 0.29) is 6.04 Å². The molecule has 1 heterocycles. The molecule has 2 heteroatoms. The van der Waals surface area contributed by atoms with Crippen molar-refractivity contribution in [1.82, 2.24) is 0 Å². The van der Waals surface area contributed by atoms with Crippen LogP contribution in [0.1, 0.15) is 39.0 Å². The second kappa shape index (κ2) is 5.20. The normalized spacial score (nSPS) is 19.7. The fraction of sp³-hybridized carbons (Fsp3) is 0.800. The van der Waals surface area contributed by atoms with Crippen LogP contribution in [0.15, 0.2) is 11.8 Å². The summed E-state index contributed by atoms with van der Waals surface area (Å²) in [5.41, 5.74) is 5.94. The summed E-state index contributed by atoms with van der Waals surface area (Å²) in [6.07, 6.45) is 7.88. The number of ether oxygens (including phenoxy) is 1. The topological polar surface area (TPSA) is 35.2 Å². The van der Waals surface area contributed by atoms with Crippen molar-refractivity contribution in [2.45, 2.75) is 45.1 Å². The largest absolute Gasteiger partial charge is 0.497 e. The highest BCUT2D eigenvalue weighted by Gasteiger charge is 2.12. The molecule has 0 radical (unpaired) electrons. The van der Waals surface area contributed by atoms with Crippen molar-refractivity contribution in [1.29, 1.82) is 0 Å². The highest BCUT2D eigenvalue weighted by Crippen LogP contribution is 2.15. The standard InChI is InChI=1S/C10H19NO/c1-2-3-6-9(11)10-7-4-5-8-12-10/h7,9H,2-6,8,11H2,1H3. The molecule has 0 fully saturated rings. The number of allylic oxidation sites excluding steroid dienone is 1. The molecular formula is C10H19NO. The summed E-state index contributed by atoms with van der Waals surface area (Å²) in [6.45, 7) is 3.04. The van der Waals surface area contributed by atoms with Crippen molar-refractivity contribution < 1.29 is 4.74 Å². The lowest BCUT2D eigenvalue weighted by Crippen LogP contribution is -2.25. The van der Waals surface area contributed by atoms with Crippen molar-refractivity contribution in [2.24, 2.45) is 5.73 Å². The molecule has 1 rings (SSSR count). The van der Waals surface area contributed by atoms with Crippen LogP contribution in [-0.2, 0) is 4.74 Å². The van der Waals surface area contributed by atoms with Crippen molar-refractivity contribution >= 4 is 0 Å². The van der Waals surface area contributed by atoms with Gasteiger partial charge in [0, 0.05) is 0 Å². The molecule has 0 aromatic rings. The van der Waals surface area contributed by atoms with Crippen molar-refractivity contribution in [3.05, 3.63) is 11.8 Å². The van der Waals surface area contributed by atoms with Crippen molar-refractivity contribution in [2.75, 3.05) is 6.61 Å². The number of hydrogen-bond donors (Lipinski definition) is 1. The van der Waals surface area contributed by atoms with E-state index in [9.17, 15) is 0 Å². The van der Waals surface area contributed by atoms with Crippen LogP contribution >= 0.6 is 0 Å². The van der Waals surface area contributed by atoms with Crippen LogP contribution < -0.4 is 5.73 Å². The molecule has 2 nitrogen and oxygen atoms in total. The molecule has 0 aromatic heterocycles. The van der Waals surface area contributed by atoms with Crippen LogP contribution in [0.2, 0.25) is 0 Å². The Morgan fingerprint density at radius 3 is 3.08 bits per heavy atom. The summed E-state index contributed by atoms with van der Waals surface area (Å²) < 4.78 is 5.47. The molecule has 0 aromatic carbocycles. The Bertz CT molecular complexity index is 154. The van der Waals surface area contributed by atoms with Gasteiger partial charge in [0.2, 0.25) is 0 Å². The second-order valence-electron chi connectivity index (χ2n) is 3.35. The molecule has 0 amide bonds. The van der Waals surface area contributed by atoms with Gasteiger partial charge in [0.05, 0.1) is 12.6 Å². The van der Waals surface area contributed by atoms with E-state index >= 15 is 0 Å². The molecular weight excluding hydrogens is 150 g/mol. The molecule has 70 valence electrons. The maximum absolute atomic E-state index is 5.94. The Hall–Kier alpha value is -0.500. The maximum atomic E-state index is 5.94. The fourth-order valence-corrected chi connectivity index (χ4v) is 1.40. The number of rotatable bonds is 4. The molecule has 1 atom stereocenters. The molecule has 0 aliphatic carbocycles. The molecule has 12 heavy (non-hydrogen) atoms. The minimum Gasteiger partial charge on any atom is -0.497 e. The SMILES string of the molecule is CCCCC(N)C1=CCCCO1. The average molecular weight is 169 g/mol. The molecule has 1 unspecified atom stereocenters. The predicted octanol–water partition coefficient (Wildman–Crippen LogP) is 2.20. The van der Waals surface area contributed by atoms with E-state index in [0.717, 1.165) is 31.6 Å². The summed E-state index contributed by atoms with van der Waals surface area (Å²) in [7, 11) is 0. The van der Waals surface area contributed by atoms with E-state index in [1.165, 1.54) is 12.8 Å². The average Bonchev–Trinajstić information content (AvgIpc) is 2.15. The maximum Gasteiger partial charge on any atom is 0.109 e. The summed E-state index contributed by atoms with van der Waals surface area (Å²) in [5.74, 6) is 1.02. The molecule has 0 bridgehead atoms. The minimum atomic E-state index is 0.144. The van der Waals surface area contributed by atoms with Gasteiger partial charge in [0.25, 0.3) is 0 Å². The van der Waals surface area contributed by atoms with Gasteiger partial charge in [-0.15, -0.1) is 0 Å². The predicted molar refractivity (Wildman–Crippen MR) is 50.8 cm³/mol. The lowest BCUT2D eigenvalue weighted by Gasteiger charge is -2.20. The van der Waals surface area contributed by atoms with Gasteiger partial charge in [0.15, 0.2) is 0 Å². The molecule has 0 saturated carbocycles. The lowest BCUT2D eigenvalue weighted by atomic mass is 10.1. The summed E-state index contributed by atoms with van der Waals surface area (Å²) >= 11 is 0. The first kappa shape index (κ1) is 9.59. The molecule has 0 saturated heterocycles. The molecule has 2 N–H and O–H groups in total. The van der Waals surface area contributed by atoms with E-state index in [1.807, 2.05) is 0 Å². The molecule has 1 aliphatic heterocycles. The van der Waals surface area contributed by atoms with Gasteiger partial charge in [0.1, 0.15) is 5.76 Å². The summed E-state index contributed by atoms with van der Waals surface area (Å²) in [4.78, 5) is 0. The zero-order valence-electron chi connectivity index (χ0n) is 7.88. The van der Waals surface area contributed by atoms with E-state index in [2.05, 4.69) is 13.0 Å². The first-order valence-electron chi connectivity index (χ1n) is 4.93. The number of hydrogen-bond acceptors (Lipinski definition) is 2. The Labute approximate surface area is 74.8 Å². The first-order valence-corrected chi connectivity index (χ1v) is 4.93. The highest BCUT2D eigenvalue weighted by molar-refractivity contribution is 5.03. The van der Waals surface area contributed by atoms with Crippen LogP contribution in [0, 0.1) is 0 Å². The van der Waals surface area contributed by atoms with Crippen molar-refractivity contribution in [3.63, 3.8) is 0 Å². The Morgan fingerprint density at radius 2 is 2.50 bits per heavy atom. The van der Waals surface area contributed by atoms with Crippen molar-refractivity contribution in [3.8, 4) is 0 Å². The van der Waals surface area contributed by atoms with E-state index in [4.69, 9.17) is 10.5 Å². The van der Waals surface area contributed by atoms with Gasteiger partial charge < -0.3 is 10.5 Å². The Balaban J connectivity index is 2.29. The van der Waals surface area contributed by atoms with E-state index in [1.54, 1.807) is 0 Å². The summed E-state index contributed by atoms with van der Waals surface area (Å²) in [6, 6.07) is 0.144. The van der Waals surface area contributed by atoms with Crippen LogP contribution in [0.5, 0.6) is 0 Å². The fourth-order valence-electron chi connectivity index (χ4n) is 1.40. The quantitative estimate of drug-likeness (QED) is 0.700. The number of unbranched alkanes of at least 4 members (excludes halogenated alkanes) is 1. The Morgan fingerprint density at radius 1 is 1.67 bits per heavy atom. The third-order valence-corrected chi connectivity index (χ3v) is 2.20. The van der Waals surface area contributed by atoms with Gasteiger partial charge in [-0.25, -0.2) is 0 Å². The summed E-state index contributed by atoms with van der Waals surface area (Å²) in [5, 5.41) is 0. The van der Waals surface area contributed by atoms with Gasteiger partial charge in [-0.3, -0.25) is 0 Å². The van der Waals surface area contributed by atoms with Crippen LogP contribution in [0.4, 0.5) is 0 Å². The zero-order valence-corrected chi connectivity index (χ0v) is 7.88. The molecule has 1 aliphatic rings. The van der Waals surface area contributed by atoms with Crippen LogP contribution in [-0.4, -0.2) is 12.6 Å². The highest BCUT2D eigenvalue weighted by atomic mass is 16.5. The van der Waals surface area contributed by atoms with Crippen LogP contribution in [0.25, 0.3) is 0 Å². The lowest BCUT2D eigenvalue weighted by molar-refractivity contribution is 0.173. The monoisotopic (exact) mass is 169 g/mol. The second-order valence-corrected chi connectivity index (χ2v) is 3.35. The first-order chi connectivity index (χ1) is 5.84. The Kier molecular flexibility index (Phi) is 4.15. The van der Waals surface area contributed by atoms with E-state index < -0.39 is 0 Å².